The number of sulfonamides is 1. The number of amides is 2. The van der Waals surface area contributed by atoms with Crippen LogP contribution in [0.3, 0.4) is 0 Å². The van der Waals surface area contributed by atoms with Crippen LogP contribution >= 0.6 is 0 Å². The summed E-state index contributed by atoms with van der Waals surface area (Å²) in [6.45, 7) is 5.33. The third-order valence-corrected chi connectivity index (χ3v) is 8.16. The van der Waals surface area contributed by atoms with E-state index in [0.29, 0.717) is 22.8 Å². The van der Waals surface area contributed by atoms with Gasteiger partial charge >= 0.3 is 0 Å². The number of furan rings is 1. The van der Waals surface area contributed by atoms with Crippen molar-refractivity contribution in [1.29, 1.82) is 0 Å². The van der Waals surface area contributed by atoms with Crippen molar-refractivity contribution in [3.8, 4) is 5.75 Å². The lowest BCUT2D eigenvalue weighted by molar-refractivity contribution is -0.123. The van der Waals surface area contributed by atoms with Crippen LogP contribution in [-0.2, 0) is 26.2 Å². The van der Waals surface area contributed by atoms with Gasteiger partial charge < -0.3 is 14.5 Å². The van der Waals surface area contributed by atoms with Gasteiger partial charge in [0.15, 0.2) is 6.61 Å². The van der Waals surface area contributed by atoms with E-state index >= 15 is 0 Å². The Morgan fingerprint density at radius 1 is 0.929 bits per heavy atom. The smallest absolute Gasteiger partial charge is 0.264 e. The van der Waals surface area contributed by atoms with Crippen molar-refractivity contribution in [1.82, 2.24) is 10.7 Å². The van der Waals surface area contributed by atoms with Crippen molar-refractivity contribution in [2.24, 2.45) is 5.10 Å². The molecule has 42 heavy (non-hydrogen) atoms. The van der Waals surface area contributed by atoms with Crippen LogP contribution in [0.1, 0.15) is 28.0 Å². The summed E-state index contributed by atoms with van der Waals surface area (Å²) in [4.78, 5) is 24.9. The standard InChI is InChI=1S/C31H32N4O6S/c1-22-6-14-29(15-7-22)42(38,39)35(26-11-8-23(2)24(3)17-26)20-30(36)34-33-18-25-9-12-27(13-10-25)41-21-31(37)32-19-28-5-4-16-40-28/h4-18H,19-21H2,1-3H3,(H,32,37)(H,34,36)/b33-18-. The lowest BCUT2D eigenvalue weighted by Gasteiger charge is -2.24. The summed E-state index contributed by atoms with van der Waals surface area (Å²) >= 11 is 0. The molecule has 0 bridgehead atoms. The highest BCUT2D eigenvalue weighted by Gasteiger charge is 2.27. The van der Waals surface area contributed by atoms with E-state index in [1.54, 1.807) is 60.7 Å². The van der Waals surface area contributed by atoms with Crippen LogP contribution in [0.15, 0.2) is 99.5 Å². The minimum Gasteiger partial charge on any atom is -0.484 e. The Kier molecular flexibility index (Phi) is 9.77. The van der Waals surface area contributed by atoms with E-state index < -0.39 is 22.5 Å². The second-order valence-electron chi connectivity index (χ2n) is 9.60. The Balaban J connectivity index is 1.35. The fourth-order valence-electron chi connectivity index (χ4n) is 3.83. The van der Waals surface area contributed by atoms with E-state index in [0.717, 1.165) is 21.0 Å². The molecule has 0 aliphatic carbocycles. The molecule has 11 heteroatoms. The molecule has 3 aromatic carbocycles. The van der Waals surface area contributed by atoms with Crippen LogP contribution in [0.4, 0.5) is 5.69 Å². The van der Waals surface area contributed by atoms with Crippen LogP contribution in [0.5, 0.6) is 5.75 Å². The van der Waals surface area contributed by atoms with Crippen molar-refractivity contribution in [2.75, 3.05) is 17.5 Å². The number of rotatable bonds is 12. The van der Waals surface area contributed by atoms with Crippen molar-refractivity contribution in [2.45, 2.75) is 32.2 Å². The molecule has 0 aliphatic heterocycles. The minimum absolute atomic E-state index is 0.0833. The second-order valence-corrected chi connectivity index (χ2v) is 11.5. The van der Waals surface area contributed by atoms with Gasteiger partial charge in [0.25, 0.3) is 21.8 Å². The Hall–Kier alpha value is -4.90. The normalized spacial score (nSPS) is 11.3. The average Bonchev–Trinajstić information content (AvgIpc) is 3.50. The fourth-order valence-corrected chi connectivity index (χ4v) is 5.24. The first kappa shape index (κ1) is 30.1. The van der Waals surface area contributed by atoms with E-state index in [2.05, 4.69) is 15.8 Å². The van der Waals surface area contributed by atoms with Crippen LogP contribution in [0.2, 0.25) is 0 Å². The molecular weight excluding hydrogens is 556 g/mol. The number of hydrogen-bond acceptors (Lipinski definition) is 7. The summed E-state index contributed by atoms with van der Waals surface area (Å²) in [5.41, 5.74) is 6.26. The zero-order valence-corrected chi connectivity index (χ0v) is 24.4. The summed E-state index contributed by atoms with van der Waals surface area (Å²) < 4.78 is 38.8. The van der Waals surface area contributed by atoms with Gasteiger partial charge in [0, 0.05) is 0 Å². The van der Waals surface area contributed by atoms with Crippen LogP contribution in [0, 0.1) is 20.8 Å². The van der Waals surface area contributed by atoms with E-state index in [4.69, 9.17) is 9.15 Å². The van der Waals surface area contributed by atoms with Gasteiger partial charge in [0.2, 0.25) is 0 Å². The zero-order chi connectivity index (χ0) is 30.1. The van der Waals surface area contributed by atoms with Crippen molar-refractivity contribution in [3.05, 3.63) is 113 Å². The highest BCUT2D eigenvalue weighted by Crippen LogP contribution is 2.26. The molecule has 1 aromatic heterocycles. The number of anilines is 1. The quantitative estimate of drug-likeness (QED) is 0.188. The summed E-state index contributed by atoms with van der Waals surface area (Å²) in [5, 5.41) is 6.67. The molecule has 0 unspecified atom stereocenters. The largest absolute Gasteiger partial charge is 0.484 e. The molecule has 218 valence electrons. The number of nitrogens with one attached hydrogen (secondary N) is 2. The fraction of sp³-hybridized carbons (Fsp3) is 0.194. The molecule has 0 saturated carbocycles. The van der Waals surface area contributed by atoms with Crippen LogP contribution < -0.4 is 19.8 Å². The van der Waals surface area contributed by atoms with Gasteiger partial charge in [0.1, 0.15) is 18.1 Å². The molecule has 0 radical (unpaired) electrons. The Bertz CT molecular complexity index is 1650. The summed E-state index contributed by atoms with van der Waals surface area (Å²) in [5.74, 6) is 0.222. The third kappa shape index (κ3) is 8.07. The molecule has 0 spiro atoms. The lowest BCUT2D eigenvalue weighted by atomic mass is 10.1. The van der Waals surface area contributed by atoms with Crippen molar-refractivity contribution < 1.29 is 27.2 Å². The highest BCUT2D eigenvalue weighted by molar-refractivity contribution is 7.92. The predicted molar refractivity (Wildman–Crippen MR) is 160 cm³/mol. The molecule has 4 aromatic rings. The first-order valence-electron chi connectivity index (χ1n) is 13.1. The van der Waals surface area contributed by atoms with Gasteiger partial charge in [-0.05, 0) is 98.1 Å². The molecule has 0 saturated heterocycles. The molecule has 1 heterocycles. The number of hydrazone groups is 1. The zero-order valence-electron chi connectivity index (χ0n) is 23.5. The number of nitrogens with zero attached hydrogens (tertiary/aromatic N) is 2. The maximum atomic E-state index is 13.6. The molecule has 4 rings (SSSR count). The van der Waals surface area contributed by atoms with E-state index in [1.165, 1.54) is 24.6 Å². The first-order valence-corrected chi connectivity index (χ1v) is 14.6. The number of carbonyl (C=O) groups excluding carboxylic acids is 2. The SMILES string of the molecule is Cc1ccc(S(=O)(=O)N(CC(=O)N/N=C\c2ccc(OCC(=O)NCc3ccco3)cc2)c2ccc(C)c(C)c2)cc1. The third-order valence-electron chi connectivity index (χ3n) is 6.37. The average molecular weight is 589 g/mol. The first-order chi connectivity index (χ1) is 20.1. The Morgan fingerprint density at radius 2 is 1.67 bits per heavy atom. The molecule has 0 atom stereocenters. The Morgan fingerprint density at radius 3 is 2.33 bits per heavy atom. The maximum Gasteiger partial charge on any atom is 0.264 e. The Labute approximate surface area is 245 Å². The number of aryl methyl sites for hydroxylation is 3. The number of carbonyl (C=O) groups is 2. The molecule has 0 aliphatic rings. The summed E-state index contributed by atoms with van der Waals surface area (Å²) in [6.07, 6.45) is 2.96. The molecule has 0 fully saturated rings. The van der Waals surface area contributed by atoms with Gasteiger partial charge in [-0.2, -0.15) is 5.10 Å². The van der Waals surface area contributed by atoms with E-state index in [1.807, 2.05) is 26.8 Å². The molecule has 2 N–H and O–H groups in total. The van der Waals surface area contributed by atoms with E-state index in [9.17, 15) is 18.0 Å². The topological polar surface area (TPSA) is 130 Å². The van der Waals surface area contributed by atoms with Crippen molar-refractivity contribution >= 4 is 33.7 Å². The number of hydrogen-bond donors (Lipinski definition) is 2. The van der Waals surface area contributed by atoms with Crippen LogP contribution in [-0.4, -0.2) is 39.6 Å². The number of ether oxygens (including phenoxy) is 1. The minimum atomic E-state index is -4.03. The summed E-state index contributed by atoms with van der Waals surface area (Å²) in [7, 11) is -4.03. The summed E-state index contributed by atoms with van der Waals surface area (Å²) in [6, 6.07) is 21.9. The van der Waals surface area contributed by atoms with Crippen LogP contribution in [0.25, 0.3) is 0 Å². The predicted octanol–water partition coefficient (Wildman–Crippen LogP) is 4.25. The second kappa shape index (κ2) is 13.6. The molecule has 10 nitrogen and oxygen atoms in total. The van der Waals surface area contributed by atoms with Crippen molar-refractivity contribution in [3.63, 3.8) is 0 Å². The van der Waals surface area contributed by atoms with E-state index in [-0.39, 0.29) is 24.0 Å². The number of benzene rings is 3. The van der Waals surface area contributed by atoms with Gasteiger partial charge in [-0.1, -0.05) is 23.8 Å². The van der Waals surface area contributed by atoms with Gasteiger partial charge in [0.05, 0.1) is 29.6 Å². The van der Waals surface area contributed by atoms with Gasteiger partial charge in [-0.15, -0.1) is 0 Å². The monoisotopic (exact) mass is 588 g/mol. The highest BCUT2D eigenvalue weighted by atomic mass is 32.2. The van der Waals surface area contributed by atoms with Gasteiger partial charge in [-0.25, -0.2) is 13.8 Å². The maximum absolute atomic E-state index is 13.6. The lowest BCUT2D eigenvalue weighted by Crippen LogP contribution is -2.39. The molecule has 2 amide bonds. The van der Waals surface area contributed by atoms with Gasteiger partial charge in [-0.3, -0.25) is 13.9 Å². The molecular formula is C31H32N4O6S.